The number of hydrogen-bond donors (Lipinski definition) is 1. The summed E-state index contributed by atoms with van der Waals surface area (Å²) in [5.41, 5.74) is 7.92. The highest BCUT2D eigenvalue weighted by Crippen LogP contribution is 2.30. The van der Waals surface area contributed by atoms with Crippen LogP contribution < -0.4 is 10.5 Å². The largest absolute Gasteiger partial charge is 0.496 e. The van der Waals surface area contributed by atoms with Gasteiger partial charge in [0, 0.05) is 22.1 Å². The Morgan fingerprint density at radius 1 is 1.19 bits per heavy atom. The van der Waals surface area contributed by atoms with Crippen LogP contribution in [-0.2, 0) is 21.3 Å². The monoisotopic (exact) mass is 303 g/mol. The number of carbonyl (C=O) groups is 1. The third-order valence-corrected chi connectivity index (χ3v) is 4.24. The highest BCUT2D eigenvalue weighted by Gasteiger charge is 2.08. The minimum atomic E-state index is -1.28. The molecule has 2 aromatic carbocycles. The molecule has 0 spiro atoms. The third-order valence-electron chi connectivity index (χ3n) is 2.98. The molecule has 0 aliphatic rings. The Balaban J connectivity index is 2.25. The molecule has 0 saturated heterocycles. The Hall–Kier alpha value is -2.14. The average Bonchev–Trinajstić information content (AvgIpc) is 2.46. The number of rotatable bonds is 6. The molecule has 1 amide bonds. The maximum atomic E-state index is 11.8. The highest BCUT2D eigenvalue weighted by molar-refractivity contribution is 7.84. The Labute approximate surface area is 126 Å². The molecule has 0 aromatic heterocycles. The van der Waals surface area contributed by atoms with Gasteiger partial charge in [0.2, 0.25) is 5.91 Å². The molecular weight excluding hydrogens is 286 g/mol. The second kappa shape index (κ2) is 7.04. The van der Waals surface area contributed by atoms with Gasteiger partial charge in [-0.2, -0.15) is 0 Å². The van der Waals surface area contributed by atoms with Gasteiger partial charge in [-0.3, -0.25) is 9.00 Å². The van der Waals surface area contributed by atoms with Gasteiger partial charge in [0.1, 0.15) is 11.5 Å². The van der Waals surface area contributed by atoms with E-state index in [9.17, 15) is 9.00 Å². The lowest BCUT2D eigenvalue weighted by Crippen LogP contribution is -2.20. The van der Waals surface area contributed by atoms with E-state index in [2.05, 4.69) is 0 Å². The molecular formula is C16H17NO3S. The lowest BCUT2D eigenvalue weighted by Gasteiger charge is -2.09. The van der Waals surface area contributed by atoms with E-state index in [1.165, 1.54) is 0 Å². The van der Waals surface area contributed by atoms with E-state index in [0.717, 1.165) is 22.4 Å². The van der Waals surface area contributed by atoms with Gasteiger partial charge in [-0.25, -0.2) is 0 Å². The number of primary amides is 1. The van der Waals surface area contributed by atoms with Crippen molar-refractivity contribution in [2.75, 3.05) is 12.9 Å². The molecule has 0 aliphatic carbocycles. The fraction of sp³-hybridized carbons (Fsp3) is 0.188. The minimum Gasteiger partial charge on any atom is -0.496 e. The summed E-state index contributed by atoms with van der Waals surface area (Å²) in [7, 11) is 0.351. The molecule has 21 heavy (non-hydrogen) atoms. The Kier molecular flexibility index (Phi) is 5.11. The van der Waals surface area contributed by atoms with Crippen molar-refractivity contribution in [2.45, 2.75) is 5.75 Å². The number of nitrogens with two attached hydrogens (primary N) is 1. The standard InChI is InChI=1S/C16H17NO3S/c1-20-15-8-3-2-7-14(15)13-6-4-5-12(9-13)10-21(19)11-16(17)18/h2-9H,10-11H2,1H3,(H2,17,18). The zero-order valence-electron chi connectivity index (χ0n) is 11.7. The summed E-state index contributed by atoms with van der Waals surface area (Å²) >= 11 is 0. The molecule has 5 heteroatoms. The van der Waals surface area contributed by atoms with E-state index >= 15 is 0 Å². The van der Waals surface area contributed by atoms with Crippen molar-refractivity contribution in [1.29, 1.82) is 0 Å². The maximum Gasteiger partial charge on any atom is 0.230 e. The van der Waals surface area contributed by atoms with Crippen LogP contribution in [0.25, 0.3) is 11.1 Å². The summed E-state index contributed by atoms with van der Waals surface area (Å²) in [6.45, 7) is 0. The number of carbonyl (C=O) groups excluding carboxylic acids is 1. The number of hydrogen-bond acceptors (Lipinski definition) is 3. The summed E-state index contributed by atoms with van der Waals surface area (Å²) in [5, 5.41) is 0. The van der Waals surface area contributed by atoms with Crippen LogP contribution in [0.4, 0.5) is 0 Å². The van der Waals surface area contributed by atoms with Crippen LogP contribution in [0.3, 0.4) is 0 Å². The van der Waals surface area contributed by atoms with Gasteiger partial charge in [0.05, 0.1) is 7.11 Å². The molecule has 1 unspecified atom stereocenters. The molecule has 2 N–H and O–H groups in total. The van der Waals surface area contributed by atoms with Crippen molar-refractivity contribution >= 4 is 16.7 Å². The van der Waals surface area contributed by atoms with Crippen molar-refractivity contribution in [3.8, 4) is 16.9 Å². The van der Waals surface area contributed by atoms with Crippen molar-refractivity contribution in [2.24, 2.45) is 5.73 Å². The zero-order valence-corrected chi connectivity index (χ0v) is 12.6. The van der Waals surface area contributed by atoms with E-state index in [0.29, 0.717) is 5.75 Å². The fourth-order valence-corrected chi connectivity index (χ4v) is 3.08. The van der Waals surface area contributed by atoms with E-state index in [4.69, 9.17) is 10.5 Å². The Morgan fingerprint density at radius 3 is 2.67 bits per heavy atom. The molecule has 4 nitrogen and oxygen atoms in total. The van der Waals surface area contributed by atoms with Crippen molar-refractivity contribution in [3.05, 3.63) is 54.1 Å². The summed E-state index contributed by atoms with van der Waals surface area (Å²) < 4.78 is 17.1. The summed E-state index contributed by atoms with van der Waals surface area (Å²) in [6.07, 6.45) is 0. The summed E-state index contributed by atoms with van der Waals surface area (Å²) in [5.74, 6) is 0.437. The molecule has 1 atom stereocenters. The van der Waals surface area contributed by atoms with Gasteiger partial charge in [0.25, 0.3) is 0 Å². The molecule has 2 aromatic rings. The predicted molar refractivity (Wildman–Crippen MR) is 84.3 cm³/mol. The smallest absolute Gasteiger partial charge is 0.230 e. The van der Waals surface area contributed by atoms with Gasteiger partial charge < -0.3 is 10.5 Å². The molecule has 0 heterocycles. The summed E-state index contributed by atoms with van der Waals surface area (Å²) in [4.78, 5) is 10.8. The Bertz CT molecular complexity index is 670. The first-order chi connectivity index (χ1) is 10.1. The van der Waals surface area contributed by atoms with E-state index in [1.54, 1.807) is 7.11 Å². The van der Waals surface area contributed by atoms with Gasteiger partial charge in [-0.15, -0.1) is 0 Å². The van der Waals surface area contributed by atoms with Crippen LogP contribution in [-0.4, -0.2) is 23.0 Å². The molecule has 0 radical (unpaired) electrons. The topological polar surface area (TPSA) is 69.4 Å². The normalized spacial score (nSPS) is 11.9. The van der Waals surface area contributed by atoms with E-state index < -0.39 is 16.7 Å². The van der Waals surface area contributed by atoms with Crippen molar-refractivity contribution in [3.63, 3.8) is 0 Å². The molecule has 0 aliphatic heterocycles. The number of para-hydroxylation sites is 1. The van der Waals surface area contributed by atoms with Crippen LogP contribution in [0.15, 0.2) is 48.5 Å². The van der Waals surface area contributed by atoms with E-state index in [-0.39, 0.29) is 5.75 Å². The molecule has 0 bridgehead atoms. The first kappa shape index (κ1) is 15.3. The fourth-order valence-electron chi connectivity index (χ4n) is 2.11. The third kappa shape index (κ3) is 4.16. The first-order valence-electron chi connectivity index (χ1n) is 6.46. The van der Waals surface area contributed by atoms with Crippen LogP contribution in [0.2, 0.25) is 0 Å². The lowest BCUT2D eigenvalue weighted by molar-refractivity contribution is -0.115. The van der Waals surface area contributed by atoms with Gasteiger partial charge >= 0.3 is 0 Å². The number of methoxy groups -OCH3 is 1. The highest BCUT2D eigenvalue weighted by atomic mass is 32.2. The van der Waals surface area contributed by atoms with Crippen LogP contribution in [0, 0.1) is 0 Å². The average molecular weight is 303 g/mol. The van der Waals surface area contributed by atoms with Crippen LogP contribution in [0.1, 0.15) is 5.56 Å². The van der Waals surface area contributed by atoms with Crippen LogP contribution in [0.5, 0.6) is 5.75 Å². The maximum absolute atomic E-state index is 11.8. The molecule has 0 fully saturated rings. The first-order valence-corrected chi connectivity index (χ1v) is 7.94. The zero-order chi connectivity index (χ0) is 15.2. The molecule has 2 rings (SSSR count). The number of benzene rings is 2. The molecule has 0 saturated carbocycles. The SMILES string of the molecule is COc1ccccc1-c1cccc(CS(=O)CC(N)=O)c1. The quantitative estimate of drug-likeness (QED) is 0.888. The van der Waals surface area contributed by atoms with Gasteiger partial charge in [0.15, 0.2) is 0 Å². The summed E-state index contributed by atoms with van der Waals surface area (Å²) in [6, 6.07) is 15.4. The van der Waals surface area contributed by atoms with E-state index in [1.807, 2.05) is 48.5 Å². The Morgan fingerprint density at radius 2 is 1.95 bits per heavy atom. The number of amides is 1. The second-order valence-electron chi connectivity index (χ2n) is 4.60. The van der Waals surface area contributed by atoms with Gasteiger partial charge in [-0.1, -0.05) is 42.5 Å². The van der Waals surface area contributed by atoms with Crippen molar-refractivity contribution in [1.82, 2.24) is 0 Å². The predicted octanol–water partition coefficient (Wildman–Crippen LogP) is 2.10. The van der Waals surface area contributed by atoms with Crippen LogP contribution >= 0.6 is 0 Å². The lowest BCUT2D eigenvalue weighted by atomic mass is 10.0. The molecule has 110 valence electrons. The number of ether oxygens (including phenoxy) is 1. The second-order valence-corrected chi connectivity index (χ2v) is 6.05. The van der Waals surface area contributed by atoms with Crippen molar-refractivity contribution < 1.29 is 13.7 Å². The van der Waals surface area contributed by atoms with Gasteiger partial charge in [-0.05, 0) is 17.2 Å². The minimum absolute atomic E-state index is 0.112.